The molecule has 1 heterocycles. The van der Waals surface area contributed by atoms with Crippen molar-refractivity contribution in [3.05, 3.63) is 52.5 Å². The molecule has 2 aromatic carbocycles. The van der Waals surface area contributed by atoms with Gasteiger partial charge in [0.05, 0.1) is 10.6 Å². The van der Waals surface area contributed by atoms with Gasteiger partial charge in [0.2, 0.25) is 0 Å². The molecule has 0 unspecified atom stereocenters. The molecule has 0 atom stereocenters. The Hall–Kier alpha value is -1.62. The molecule has 0 aliphatic rings. The molecule has 3 nitrogen and oxygen atoms in total. The fraction of sp³-hybridized carbons (Fsp3) is 0. The second kappa shape index (κ2) is 5.40. The first-order valence-electron chi connectivity index (χ1n) is 5.72. The molecule has 0 fully saturated rings. The molecule has 0 bridgehead atoms. The van der Waals surface area contributed by atoms with Gasteiger partial charge in [0, 0.05) is 10.6 Å². The summed E-state index contributed by atoms with van der Waals surface area (Å²) >= 11 is 13.2. The van der Waals surface area contributed by atoms with Gasteiger partial charge in [-0.1, -0.05) is 64.9 Å². The van der Waals surface area contributed by atoms with Crippen LogP contribution in [0.15, 0.2) is 42.5 Å². The lowest BCUT2D eigenvalue weighted by atomic mass is 10.2. The van der Waals surface area contributed by atoms with Crippen LogP contribution >= 0.6 is 34.5 Å². The second-order valence-corrected chi connectivity index (χ2v) is 5.88. The zero-order valence-electron chi connectivity index (χ0n) is 10.0. The van der Waals surface area contributed by atoms with Crippen molar-refractivity contribution in [3.63, 3.8) is 0 Å². The molecule has 0 radical (unpaired) electrons. The number of halogens is 2. The molecule has 1 N–H and O–H groups in total. The van der Waals surface area contributed by atoms with Crippen LogP contribution in [0.4, 0.5) is 0 Å². The van der Waals surface area contributed by atoms with Crippen LogP contribution in [0.25, 0.3) is 21.1 Å². The highest BCUT2D eigenvalue weighted by molar-refractivity contribution is 7.18. The van der Waals surface area contributed by atoms with E-state index in [-0.39, 0.29) is 10.8 Å². The maximum atomic E-state index is 10.0. The quantitative estimate of drug-likeness (QED) is 0.731. The number of rotatable bonds is 2. The summed E-state index contributed by atoms with van der Waals surface area (Å²) in [5, 5.41) is 20.2. The first-order chi connectivity index (χ1) is 9.65. The van der Waals surface area contributed by atoms with Gasteiger partial charge in [-0.3, -0.25) is 0 Å². The predicted octanol–water partition coefficient (Wildman–Crippen LogP) is 4.88. The second-order valence-electron chi connectivity index (χ2n) is 4.06. The van der Waals surface area contributed by atoms with Gasteiger partial charge in [0.1, 0.15) is 10.8 Å². The lowest BCUT2D eigenvalue weighted by Gasteiger charge is -2.03. The van der Waals surface area contributed by atoms with Gasteiger partial charge in [0.15, 0.2) is 5.01 Å². The van der Waals surface area contributed by atoms with Crippen molar-refractivity contribution >= 4 is 34.5 Å². The average Bonchev–Trinajstić information content (AvgIpc) is 2.93. The smallest absolute Gasteiger partial charge is 0.151 e. The van der Waals surface area contributed by atoms with Gasteiger partial charge < -0.3 is 5.11 Å². The minimum absolute atomic E-state index is 0.0353. The first-order valence-corrected chi connectivity index (χ1v) is 7.29. The van der Waals surface area contributed by atoms with E-state index in [1.54, 1.807) is 6.07 Å². The fourth-order valence-corrected chi connectivity index (χ4v) is 3.12. The van der Waals surface area contributed by atoms with Gasteiger partial charge in [-0.15, -0.1) is 10.2 Å². The van der Waals surface area contributed by atoms with E-state index in [0.717, 1.165) is 10.6 Å². The molecular weight excluding hydrogens is 315 g/mol. The molecular formula is C14H8Cl2N2OS. The Labute approximate surface area is 129 Å². The fourth-order valence-electron chi connectivity index (χ4n) is 1.76. The van der Waals surface area contributed by atoms with Crippen molar-refractivity contribution in [2.45, 2.75) is 0 Å². The summed E-state index contributed by atoms with van der Waals surface area (Å²) in [5.41, 5.74) is 1.46. The van der Waals surface area contributed by atoms with Crippen LogP contribution in [0.5, 0.6) is 5.75 Å². The van der Waals surface area contributed by atoms with Gasteiger partial charge in [-0.05, 0) is 12.1 Å². The van der Waals surface area contributed by atoms with Crippen molar-refractivity contribution in [1.29, 1.82) is 0 Å². The normalized spacial score (nSPS) is 10.7. The summed E-state index contributed by atoms with van der Waals surface area (Å²) in [5.74, 6) is -0.0353. The van der Waals surface area contributed by atoms with Crippen LogP contribution in [0, 0.1) is 0 Å². The molecule has 0 amide bonds. The molecule has 1 aromatic heterocycles. The molecule has 0 saturated carbocycles. The van der Waals surface area contributed by atoms with Gasteiger partial charge in [-0.2, -0.15) is 0 Å². The van der Waals surface area contributed by atoms with Crippen molar-refractivity contribution in [3.8, 4) is 26.9 Å². The molecule has 3 aromatic rings. The number of phenols is 1. The molecule has 0 spiro atoms. The predicted molar refractivity (Wildman–Crippen MR) is 82.5 cm³/mol. The third-order valence-corrected chi connectivity index (χ3v) is 4.22. The Morgan fingerprint density at radius 2 is 1.65 bits per heavy atom. The van der Waals surface area contributed by atoms with Gasteiger partial charge >= 0.3 is 0 Å². The van der Waals surface area contributed by atoms with Crippen molar-refractivity contribution in [2.24, 2.45) is 0 Å². The summed E-state index contributed by atoms with van der Waals surface area (Å²) in [6, 6.07) is 12.8. The number of aromatic nitrogens is 2. The lowest BCUT2D eigenvalue weighted by Crippen LogP contribution is -1.80. The van der Waals surface area contributed by atoms with E-state index < -0.39 is 0 Å². The number of benzene rings is 2. The molecule has 0 saturated heterocycles. The van der Waals surface area contributed by atoms with Crippen LogP contribution < -0.4 is 0 Å². The van der Waals surface area contributed by atoms with Crippen molar-refractivity contribution in [1.82, 2.24) is 10.2 Å². The standard InChI is InChI=1S/C14H8Cl2N2OS/c15-9-6-10(12(19)11(16)7-9)14-18-17-13(20-14)8-4-2-1-3-5-8/h1-7,19H. The van der Waals surface area contributed by atoms with E-state index in [2.05, 4.69) is 10.2 Å². The van der Waals surface area contributed by atoms with Gasteiger partial charge in [-0.25, -0.2) is 0 Å². The highest BCUT2D eigenvalue weighted by Crippen LogP contribution is 2.40. The minimum Gasteiger partial charge on any atom is -0.506 e. The Morgan fingerprint density at radius 3 is 2.40 bits per heavy atom. The van der Waals surface area contributed by atoms with Crippen molar-refractivity contribution < 1.29 is 5.11 Å². The first kappa shape index (κ1) is 13.4. The average molecular weight is 323 g/mol. The summed E-state index contributed by atoms with van der Waals surface area (Å²) in [6.45, 7) is 0. The zero-order valence-corrected chi connectivity index (χ0v) is 12.4. The molecule has 0 aliphatic carbocycles. The number of nitrogens with zero attached hydrogens (tertiary/aromatic N) is 2. The number of phenolic OH excluding ortho intramolecular Hbond substituents is 1. The van der Waals surface area contributed by atoms with E-state index in [4.69, 9.17) is 23.2 Å². The molecule has 100 valence electrons. The summed E-state index contributed by atoms with van der Waals surface area (Å²) < 4.78 is 0. The van der Waals surface area contributed by atoms with Gasteiger partial charge in [0.25, 0.3) is 0 Å². The van der Waals surface area contributed by atoms with E-state index in [0.29, 0.717) is 15.6 Å². The summed E-state index contributed by atoms with van der Waals surface area (Å²) in [4.78, 5) is 0. The van der Waals surface area contributed by atoms with Crippen LogP contribution in [-0.4, -0.2) is 15.3 Å². The van der Waals surface area contributed by atoms with Crippen LogP contribution in [0.1, 0.15) is 0 Å². The van der Waals surface area contributed by atoms with E-state index in [1.807, 2.05) is 30.3 Å². The lowest BCUT2D eigenvalue weighted by molar-refractivity contribution is 0.477. The molecule has 3 rings (SSSR count). The Kier molecular flexibility index (Phi) is 3.61. The monoisotopic (exact) mass is 322 g/mol. The molecule has 20 heavy (non-hydrogen) atoms. The van der Waals surface area contributed by atoms with Crippen LogP contribution in [-0.2, 0) is 0 Å². The van der Waals surface area contributed by atoms with Crippen molar-refractivity contribution in [2.75, 3.05) is 0 Å². The van der Waals surface area contributed by atoms with Crippen LogP contribution in [0.3, 0.4) is 0 Å². The molecule has 0 aliphatic heterocycles. The highest BCUT2D eigenvalue weighted by atomic mass is 35.5. The Balaban J connectivity index is 2.07. The van der Waals surface area contributed by atoms with E-state index in [1.165, 1.54) is 17.4 Å². The zero-order chi connectivity index (χ0) is 14.1. The Morgan fingerprint density at radius 1 is 0.950 bits per heavy atom. The van der Waals surface area contributed by atoms with Crippen LogP contribution in [0.2, 0.25) is 10.0 Å². The maximum Gasteiger partial charge on any atom is 0.151 e. The summed E-state index contributed by atoms with van der Waals surface area (Å²) in [6.07, 6.45) is 0. The minimum atomic E-state index is -0.0353. The van der Waals surface area contributed by atoms with E-state index in [9.17, 15) is 5.11 Å². The largest absolute Gasteiger partial charge is 0.506 e. The maximum absolute atomic E-state index is 10.0. The topological polar surface area (TPSA) is 46.0 Å². The Bertz CT molecular complexity index is 759. The third kappa shape index (κ3) is 2.50. The number of aromatic hydroxyl groups is 1. The third-order valence-electron chi connectivity index (χ3n) is 2.70. The highest BCUT2D eigenvalue weighted by Gasteiger charge is 2.15. The SMILES string of the molecule is Oc1c(Cl)cc(Cl)cc1-c1nnc(-c2ccccc2)s1. The molecule has 6 heteroatoms. The van der Waals surface area contributed by atoms with E-state index >= 15 is 0 Å². The number of hydrogen-bond acceptors (Lipinski definition) is 4. The summed E-state index contributed by atoms with van der Waals surface area (Å²) in [7, 11) is 0. The number of hydrogen-bond donors (Lipinski definition) is 1.